The van der Waals surface area contributed by atoms with Crippen LogP contribution in [-0.4, -0.2) is 23.3 Å². The first kappa shape index (κ1) is 10.9. The van der Waals surface area contributed by atoms with Crippen LogP contribution in [0.5, 0.6) is 0 Å². The molecule has 0 unspecified atom stereocenters. The third-order valence-corrected chi connectivity index (χ3v) is 4.15. The lowest BCUT2D eigenvalue weighted by atomic mass is 9.65. The molecule has 1 saturated carbocycles. The minimum atomic E-state index is -0.477. The number of esters is 1. The molecule has 0 radical (unpaired) electrons. The molecule has 1 heterocycles. The largest absolute Gasteiger partial charge is 0.459 e. The maximum atomic E-state index is 11.3. The smallest absolute Gasteiger partial charge is 0.306 e. The summed E-state index contributed by atoms with van der Waals surface area (Å²) in [7, 11) is 0. The molecule has 15 heavy (non-hydrogen) atoms. The van der Waals surface area contributed by atoms with Crippen molar-refractivity contribution in [1.82, 2.24) is 0 Å². The van der Waals surface area contributed by atoms with Crippen LogP contribution < -0.4 is 0 Å². The first-order valence-corrected chi connectivity index (χ1v) is 5.81. The van der Waals surface area contributed by atoms with Crippen molar-refractivity contribution < 1.29 is 14.6 Å². The second-order valence-electron chi connectivity index (χ2n) is 5.68. The summed E-state index contributed by atoms with van der Waals surface area (Å²) >= 11 is 0. The Balaban J connectivity index is 2.19. The number of fused-ring (bicyclic) bond motifs is 1. The van der Waals surface area contributed by atoms with Gasteiger partial charge in [-0.05, 0) is 24.7 Å². The van der Waals surface area contributed by atoms with E-state index >= 15 is 0 Å². The van der Waals surface area contributed by atoms with Gasteiger partial charge in [0.2, 0.25) is 0 Å². The predicted octanol–water partition coefficient (Wildman–Crippen LogP) is 1.74. The molecule has 3 nitrogen and oxygen atoms in total. The first-order valence-electron chi connectivity index (χ1n) is 5.81. The lowest BCUT2D eigenvalue weighted by molar-refractivity contribution is -0.154. The zero-order valence-corrected chi connectivity index (χ0v) is 9.69. The number of hydrogen-bond acceptors (Lipinski definition) is 3. The van der Waals surface area contributed by atoms with E-state index in [0.29, 0.717) is 12.3 Å². The molecular weight excluding hydrogens is 192 g/mol. The molecule has 0 bridgehead atoms. The van der Waals surface area contributed by atoms with Gasteiger partial charge in [0.05, 0.1) is 12.5 Å². The molecule has 1 aliphatic heterocycles. The molecule has 0 aromatic heterocycles. The highest BCUT2D eigenvalue weighted by atomic mass is 16.6. The third kappa shape index (κ3) is 1.67. The monoisotopic (exact) mass is 212 g/mol. The van der Waals surface area contributed by atoms with Crippen LogP contribution in [0.1, 0.15) is 40.0 Å². The topological polar surface area (TPSA) is 46.5 Å². The summed E-state index contributed by atoms with van der Waals surface area (Å²) in [4.78, 5) is 11.3. The normalized spacial score (nSPS) is 45.4. The Hall–Kier alpha value is -0.570. The number of carbonyl (C=O) groups is 1. The summed E-state index contributed by atoms with van der Waals surface area (Å²) in [5.74, 6) is 0.573. The predicted molar refractivity (Wildman–Crippen MR) is 56.2 cm³/mol. The molecular formula is C12H20O3. The average molecular weight is 212 g/mol. The van der Waals surface area contributed by atoms with E-state index in [0.717, 1.165) is 12.8 Å². The van der Waals surface area contributed by atoms with Gasteiger partial charge in [-0.2, -0.15) is 0 Å². The Morgan fingerprint density at radius 3 is 2.80 bits per heavy atom. The van der Waals surface area contributed by atoms with Gasteiger partial charge in [-0.3, -0.25) is 4.79 Å². The Labute approximate surface area is 90.8 Å². The summed E-state index contributed by atoms with van der Waals surface area (Å²) in [5.41, 5.74) is -0.123. The maximum Gasteiger partial charge on any atom is 0.306 e. The molecule has 1 N–H and O–H groups in total. The van der Waals surface area contributed by atoms with Crippen molar-refractivity contribution in [2.24, 2.45) is 17.3 Å². The first-order chi connectivity index (χ1) is 6.94. The molecule has 0 aromatic rings. The Morgan fingerprint density at radius 2 is 2.20 bits per heavy atom. The van der Waals surface area contributed by atoms with Crippen molar-refractivity contribution in [1.29, 1.82) is 0 Å². The highest BCUT2D eigenvalue weighted by Crippen LogP contribution is 2.48. The number of ether oxygens (including phenoxy) is 1. The molecule has 2 fully saturated rings. The second-order valence-corrected chi connectivity index (χ2v) is 5.68. The molecule has 3 heteroatoms. The van der Waals surface area contributed by atoms with Crippen molar-refractivity contribution >= 4 is 5.97 Å². The van der Waals surface area contributed by atoms with Gasteiger partial charge in [-0.25, -0.2) is 0 Å². The fourth-order valence-electron chi connectivity index (χ4n) is 3.09. The van der Waals surface area contributed by atoms with E-state index in [-0.39, 0.29) is 23.4 Å². The molecule has 86 valence electrons. The second kappa shape index (κ2) is 3.48. The quantitative estimate of drug-likeness (QED) is 0.673. The fourth-order valence-corrected chi connectivity index (χ4v) is 3.09. The van der Waals surface area contributed by atoms with Gasteiger partial charge in [-0.1, -0.05) is 20.8 Å². The van der Waals surface area contributed by atoms with Crippen LogP contribution in [0.2, 0.25) is 0 Å². The Kier molecular flexibility index (Phi) is 2.53. The third-order valence-electron chi connectivity index (χ3n) is 4.15. The lowest BCUT2D eigenvalue weighted by Crippen LogP contribution is -2.48. The van der Waals surface area contributed by atoms with Gasteiger partial charge < -0.3 is 9.84 Å². The van der Waals surface area contributed by atoms with E-state index < -0.39 is 6.10 Å². The lowest BCUT2D eigenvalue weighted by Gasteiger charge is -2.42. The van der Waals surface area contributed by atoms with E-state index in [1.54, 1.807) is 0 Å². The van der Waals surface area contributed by atoms with Crippen molar-refractivity contribution in [3.8, 4) is 0 Å². The van der Waals surface area contributed by atoms with Gasteiger partial charge >= 0.3 is 5.97 Å². The van der Waals surface area contributed by atoms with Gasteiger partial charge in [-0.15, -0.1) is 0 Å². The van der Waals surface area contributed by atoms with Crippen molar-refractivity contribution in [2.75, 3.05) is 0 Å². The van der Waals surface area contributed by atoms with E-state index in [4.69, 9.17) is 4.74 Å². The summed E-state index contributed by atoms with van der Waals surface area (Å²) in [6.45, 7) is 6.29. The van der Waals surface area contributed by atoms with E-state index in [9.17, 15) is 9.90 Å². The van der Waals surface area contributed by atoms with Crippen LogP contribution in [0.15, 0.2) is 0 Å². The highest BCUT2D eigenvalue weighted by Gasteiger charge is 2.54. The standard InChI is InChI=1S/C12H20O3/c1-7(2)8-4-5-12(3)6-9(13)15-11(12)10(8)14/h7-8,10-11,14H,4-6H2,1-3H3/t8-,10-,11+,12+/m0/s1. The van der Waals surface area contributed by atoms with Crippen molar-refractivity contribution in [3.63, 3.8) is 0 Å². The summed E-state index contributed by atoms with van der Waals surface area (Å²) in [6.07, 6.45) is 1.71. The molecule has 0 aromatic carbocycles. The zero-order chi connectivity index (χ0) is 11.2. The van der Waals surface area contributed by atoms with Crippen molar-refractivity contribution in [2.45, 2.75) is 52.2 Å². The van der Waals surface area contributed by atoms with E-state index in [2.05, 4.69) is 20.8 Å². The fraction of sp³-hybridized carbons (Fsp3) is 0.917. The van der Waals surface area contributed by atoms with E-state index in [1.807, 2.05) is 0 Å². The summed E-state index contributed by atoms with van der Waals surface area (Å²) < 4.78 is 5.27. The molecule has 0 spiro atoms. The van der Waals surface area contributed by atoms with Crippen LogP contribution in [0, 0.1) is 17.3 Å². The van der Waals surface area contributed by atoms with Crippen molar-refractivity contribution in [3.05, 3.63) is 0 Å². The SMILES string of the molecule is CC(C)[C@@H]1CC[C@]2(C)CC(=O)O[C@@H]2[C@H]1O. The average Bonchev–Trinajstić information content (AvgIpc) is 2.41. The minimum absolute atomic E-state index is 0.123. The number of rotatable bonds is 1. The molecule has 1 aliphatic carbocycles. The highest BCUT2D eigenvalue weighted by molar-refractivity contribution is 5.73. The maximum absolute atomic E-state index is 11.3. The number of aliphatic hydroxyl groups is 1. The number of aliphatic hydroxyl groups excluding tert-OH is 1. The molecule has 0 amide bonds. The molecule has 4 atom stereocenters. The molecule has 1 saturated heterocycles. The Bertz CT molecular complexity index is 274. The Morgan fingerprint density at radius 1 is 1.53 bits per heavy atom. The summed E-state index contributed by atoms with van der Waals surface area (Å²) in [6, 6.07) is 0. The van der Waals surface area contributed by atoms with Crippen LogP contribution in [0.4, 0.5) is 0 Å². The van der Waals surface area contributed by atoms with Gasteiger partial charge in [0, 0.05) is 5.41 Å². The number of hydrogen-bond donors (Lipinski definition) is 1. The zero-order valence-electron chi connectivity index (χ0n) is 9.69. The van der Waals surface area contributed by atoms with E-state index in [1.165, 1.54) is 0 Å². The van der Waals surface area contributed by atoms with Crippen LogP contribution in [-0.2, 0) is 9.53 Å². The minimum Gasteiger partial charge on any atom is -0.459 e. The van der Waals surface area contributed by atoms with Crippen LogP contribution >= 0.6 is 0 Å². The van der Waals surface area contributed by atoms with Gasteiger partial charge in [0.15, 0.2) is 0 Å². The van der Waals surface area contributed by atoms with Crippen LogP contribution in [0.3, 0.4) is 0 Å². The van der Waals surface area contributed by atoms with Gasteiger partial charge in [0.1, 0.15) is 6.10 Å². The molecule has 2 rings (SSSR count). The molecule has 2 aliphatic rings. The summed E-state index contributed by atoms with van der Waals surface area (Å²) in [5, 5.41) is 10.2. The number of carbonyl (C=O) groups excluding carboxylic acids is 1. The van der Waals surface area contributed by atoms with Crippen LogP contribution in [0.25, 0.3) is 0 Å². The van der Waals surface area contributed by atoms with Gasteiger partial charge in [0.25, 0.3) is 0 Å².